The average Bonchev–Trinajstić information content (AvgIpc) is 3.23. The van der Waals surface area contributed by atoms with E-state index in [1.165, 1.54) is 7.11 Å². The second-order valence-electron chi connectivity index (χ2n) is 8.54. The molecule has 0 aliphatic carbocycles. The quantitative estimate of drug-likeness (QED) is 0.461. The van der Waals surface area contributed by atoms with Gasteiger partial charge in [-0.15, -0.1) is 0 Å². The van der Waals surface area contributed by atoms with Crippen molar-refractivity contribution in [2.75, 3.05) is 20.8 Å². The Bertz CT molecular complexity index is 1390. The number of methoxy groups -OCH3 is 2. The molecule has 168 valence electrons. The van der Waals surface area contributed by atoms with Gasteiger partial charge >= 0.3 is 5.97 Å². The van der Waals surface area contributed by atoms with Gasteiger partial charge in [-0.2, -0.15) is 0 Å². The Kier molecular flexibility index (Phi) is 5.29. The number of rotatable bonds is 4. The summed E-state index contributed by atoms with van der Waals surface area (Å²) in [5.41, 5.74) is 4.68. The molecule has 6 heteroatoms. The maximum Gasteiger partial charge on any atom is 0.337 e. The summed E-state index contributed by atoms with van der Waals surface area (Å²) in [4.78, 5) is 30.8. The monoisotopic (exact) mass is 442 g/mol. The number of ether oxygens (including phenoxy) is 2. The van der Waals surface area contributed by atoms with Gasteiger partial charge < -0.3 is 19.4 Å². The van der Waals surface area contributed by atoms with Gasteiger partial charge in [0.15, 0.2) is 0 Å². The van der Waals surface area contributed by atoms with Gasteiger partial charge in [-0.05, 0) is 53.6 Å². The molecule has 0 fully saturated rings. The SMILES string of the molecule is COC(=O)c1ccc2[nH]c3c(c2c1)CN(C(=O)[C@@H](C)c1ccc2cc(OC)ccc2c1)CC3. The van der Waals surface area contributed by atoms with E-state index in [9.17, 15) is 9.59 Å². The van der Waals surface area contributed by atoms with Crippen molar-refractivity contribution in [1.29, 1.82) is 0 Å². The zero-order valence-electron chi connectivity index (χ0n) is 19.0. The van der Waals surface area contributed by atoms with Crippen LogP contribution >= 0.6 is 0 Å². The first-order valence-electron chi connectivity index (χ1n) is 11.1. The molecule has 1 aromatic heterocycles. The molecule has 5 rings (SSSR count). The lowest BCUT2D eigenvalue weighted by Gasteiger charge is -2.30. The molecular weight excluding hydrogens is 416 g/mol. The number of hydrogen-bond donors (Lipinski definition) is 1. The maximum atomic E-state index is 13.4. The highest BCUT2D eigenvalue weighted by atomic mass is 16.5. The maximum absolute atomic E-state index is 13.4. The van der Waals surface area contributed by atoms with Crippen LogP contribution in [-0.4, -0.2) is 42.5 Å². The van der Waals surface area contributed by atoms with Crippen LogP contribution in [0.15, 0.2) is 54.6 Å². The van der Waals surface area contributed by atoms with Crippen LogP contribution < -0.4 is 4.74 Å². The first kappa shape index (κ1) is 21.1. The third-order valence-corrected chi connectivity index (χ3v) is 6.65. The minimum atomic E-state index is -0.363. The van der Waals surface area contributed by atoms with Crippen molar-refractivity contribution in [3.8, 4) is 5.75 Å². The number of nitrogens with one attached hydrogen (secondary N) is 1. The fourth-order valence-corrected chi connectivity index (χ4v) is 4.70. The molecule has 1 N–H and O–H groups in total. The fourth-order valence-electron chi connectivity index (χ4n) is 4.70. The predicted molar refractivity (Wildman–Crippen MR) is 128 cm³/mol. The number of nitrogens with zero attached hydrogens (tertiary/aromatic N) is 1. The molecule has 1 aliphatic rings. The number of carbonyl (C=O) groups excluding carboxylic acids is 2. The summed E-state index contributed by atoms with van der Waals surface area (Å²) < 4.78 is 10.2. The van der Waals surface area contributed by atoms with Gasteiger partial charge in [-0.3, -0.25) is 4.79 Å². The van der Waals surface area contributed by atoms with Crippen LogP contribution in [0.4, 0.5) is 0 Å². The second kappa shape index (κ2) is 8.28. The first-order valence-corrected chi connectivity index (χ1v) is 11.1. The fraction of sp³-hybridized carbons (Fsp3) is 0.259. The number of amides is 1. The van der Waals surface area contributed by atoms with Crippen molar-refractivity contribution < 1.29 is 19.1 Å². The Balaban J connectivity index is 1.41. The standard InChI is InChI=1S/C27H26N2O4/c1-16(17-4-5-19-13-21(32-2)8-6-18(19)12-17)26(30)29-11-10-25-23(15-29)22-14-20(27(31)33-3)7-9-24(22)28-25/h4-9,12-14,16,28H,10-11,15H2,1-3H3/t16-/m0/s1. The van der Waals surface area contributed by atoms with E-state index in [2.05, 4.69) is 11.1 Å². The number of benzene rings is 3. The van der Waals surface area contributed by atoms with E-state index in [4.69, 9.17) is 9.47 Å². The van der Waals surface area contributed by atoms with Crippen molar-refractivity contribution in [3.63, 3.8) is 0 Å². The lowest BCUT2D eigenvalue weighted by atomic mass is 9.95. The van der Waals surface area contributed by atoms with Crippen molar-refractivity contribution >= 4 is 33.6 Å². The van der Waals surface area contributed by atoms with Gasteiger partial charge in [-0.1, -0.05) is 24.3 Å². The summed E-state index contributed by atoms with van der Waals surface area (Å²) in [6, 6.07) is 17.6. The van der Waals surface area contributed by atoms with Gasteiger partial charge in [0.2, 0.25) is 5.91 Å². The Morgan fingerprint density at radius 1 is 1.00 bits per heavy atom. The summed E-state index contributed by atoms with van der Waals surface area (Å²) in [5.74, 6) is 0.302. The van der Waals surface area contributed by atoms with Crippen LogP contribution in [-0.2, 0) is 22.5 Å². The largest absolute Gasteiger partial charge is 0.497 e. The third-order valence-electron chi connectivity index (χ3n) is 6.65. The average molecular weight is 443 g/mol. The second-order valence-corrected chi connectivity index (χ2v) is 8.54. The van der Waals surface area contributed by atoms with Crippen molar-refractivity contribution in [3.05, 3.63) is 77.0 Å². The molecule has 6 nitrogen and oxygen atoms in total. The molecular formula is C27H26N2O4. The number of fused-ring (bicyclic) bond motifs is 4. The van der Waals surface area contributed by atoms with E-state index in [0.29, 0.717) is 18.7 Å². The minimum Gasteiger partial charge on any atom is -0.497 e. The molecule has 1 amide bonds. The molecule has 4 aromatic rings. The lowest BCUT2D eigenvalue weighted by Crippen LogP contribution is -2.38. The summed E-state index contributed by atoms with van der Waals surface area (Å²) in [6.07, 6.45) is 0.757. The Morgan fingerprint density at radius 3 is 2.58 bits per heavy atom. The van der Waals surface area contributed by atoms with E-state index >= 15 is 0 Å². The Labute approximate surface area is 192 Å². The van der Waals surface area contributed by atoms with Crippen LogP contribution in [0.3, 0.4) is 0 Å². The normalized spacial score (nSPS) is 14.2. The van der Waals surface area contributed by atoms with Gasteiger partial charge in [0.25, 0.3) is 0 Å². The smallest absolute Gasteiger partial charge is 0.337 e. The molecule has 0 spiro atoms. The van der Waals surface area contributed by atoms with E-state index < -0.39 is 0 Å². The Hall–Kier alpha value is -3.80. The molecule has 0 unspecified atom stereocenters. The van der Waals surface area contributed by atoms with Crippen LogP contribution in [0.2, 0.25) is 0 Å². The molecule has 0 radical (unpaired) electrons. The molecule has 1 aliphatic heterocycles. The van der Waals surface area contributed by atoms with Gasteiger partial charge in [0.05, 0.1) is 25.7 Å². The molecule has 3 aromatic carbocycles. The minimum absolute atomic E-state index is 0.104. The highest BCUT2D eigenvalue weighted by Crippen LogP contribution is 2.31. The van der Waals surface area contributed by atoms with Crippen molar-refractivity contribution in [2.24, 2.45) is 0 Å². The summed E-state index contributed by atoms with van der Waals surface area (Å²) in [5, 5.41) is 3.14. The van der Waals surface area contributed by atoms with Crippen molar-refractivity contribution in [2.45, 2.75) is 25.8 Å². The molecule has 2 heterocycles. The van der Waals surface area contributed by atoms with Crippen LogP contribution in [0.5, 0.6) is 5.75 Å². The van der Waals surface area contributed by atoms with E-state index in [1.54, 1.807) is 13.2 Å². The van der Waals surface area contributed by atoms with Crippen molar-refractivity contribution in [1.82, 2.24) is 9.88 Å². The number of esters is 1. The van der Waals surface area contributed by atoms with E-state index in [0.717, 1.165) is 50.7 Å². The van der Waals surface area contributed by atoms with Crippen LogP contribution in [0, 0.1) is 0 Å². The zero-order chi connectivity index (χ0) is 23.1. The third kappa shape index (κ3) is 3.71. The predicted octanol–water partition coefficient (Wildman–Crippen LogP) is 4.80. The highest BCUT2D eigenvalue weighted by molar-refractivity contribution is 5.96. The summed E-state index contributed by atoms with van der Waals surface area (Å²) in [6.45, 7) is 3.15. The number of H-pyrrole nitrogens is 1. The number of aromatic nitrogens is 1. The Morgan fingerprint density at radius 2 is 1.79 bits per heavy atom. The number of carbonyl (C=O) groups is 2. The topological polar surface area (TPSA) is 71.6 Å². The highest BCUT2D eigenvalue weighted by Gasteiger charge is 2.28. The number of hydrogen-bond acceptors (Lipinski definition) is 4. The number of aromatic amines is 1. The summed E-state index contributed by atoms with van der Waals surface area (Å²) in [7, 11) is 3.04. The molecule has 0 bridgehead atoms. The van der Waals surface area contributed by atoms with Gasteiger partial charge in [0.1, 0.15) is 5.75 Å². The first-order chi connectivity index (χ1) is 16.0. The van der Waals surface area contributed by atoms with Gasteiger partial charge in [0, 0.05) is 41.7 Å². The van der Waals surface area contributed by atoms with Gasteiger partial charge in [-0.25, -0.2) is 4.79 Å². The lowest BCUT2D eigenvalue weighted by molar-refractivity contribution is -0.133. The van der Waals surface area contributed by atoms with E-state index in [1.807, 2.05) is 54.3 Å². The summed E-state index contributed by atoms with van der Waals surface area (Å²) >= 11 is 0. The molecule has 33 heavy (non-hydrogen) atoms. The van der Waals surface area contributed by atoms with E-state index in [-0.39, 0.29) is 17.8 Å². The molecule has 0 saturated carbocycles. The van der Waals surface area contributed by atoms with Crippen LogP contribution in [0.1, 0.15) is 40.0 Å². The molecule has 0 saturated heterocycles. The molecule has 1 atom stereocenters. The zero-order valence-corrected chi connectivity index (χ0v) is 19.0. The van der Waals surface area contributed by atoms with Crippen LogP contribution in [0.25, 0.3) is 21.7 Å².